The minimum Gasteiger partial charge on any atom is -0.394 e. The van der Waals surface area contributed by atoms with Gasteiger partial charge in [0.25, 0.3) is 5.56 Å². The van der Waals surface area contributed by atoms with E-state index in [1.807, 2.05) is 0 Å². The summed E-state index contributed by atoms with van der Waals surface area (Å²) >= 11 is 0. The van der Waals surface area contributed by atoms with Gasteiger partial charge in [0.05, 0.1) is 18.8 Å². The third-order valence-corrected chi connectivity index (χ3v) is 5.40. The van der Waals surface area contributed by atoms with Crippen LogP contribution >= 0.6 is 0 Å². The molecule has 14 nitrogen and oxygen atoms in total. The summed E-state index contributed by atoms with van der Waals surface area (Å²) in [6, 6.07) is -0.985. The molecule has 2 fully saturated rings. The maximum atomic E-state index is 12.1. The van der Waals surface area contributed by atoms with Gasteiger partial charge in [0.2, 0.25) is 0 Å². The van der Waals surface area contributed by atoms with Crippen LogP contribution in [0.25, 0.3) is 10.4 Å². The van der Waals surface area contributed by atoms with Crippen molar-refractivity contribution in [3.05, 3.63) is 43.0 Å². The molecule has 1 unspecified atom stereocenters. The average molecular weight is 429 g/mol. The summed E-state index contributed by atoms with van der Waals surface area (Å²) in [5.41, 5.74) is 7.75. The van der Waals surface area contributed by atoms with E-state index in [4.69, 9.17) is 15.0 Å². The largest absolute Gasteiger partial charge is 0.394 e. The topological polar surface area (TPSA) is 223 Å². The third kappa shape index (κ3) is 3.99. The fourth-order valence-corrected chi connectivity index (χ4v) is 3.73. The van der Waals surface area contributed by atoms with Crippen molar-refractivity contribution >= 4 is 0 Å². The number of aliphatic hydroxyl groups is 5. The van der Waals surface area contributed by atoms with Gasteiger partial charge in [-0.1, -0.05) is 5.11 Å². The molecule has 0 bridgehead atoms. The lowest BCUT2D eigenvalue weighted by atomic mass is 9.89. The van der Waals surface area contributed by atoms with Gasteiger partial charge in [-0.15, -0.1) is 0 Å². The quantitative estimate of drug-likeness (QED) is 0.159. The van der Waals surface area contributed by atoms with E-state index in [2.05, 4.69) is 15.0 Å². The minimum atomic E-state index is -1.73. The van der Waals surface area contributed by atoms with Gasteiger partial charge in [0, 0.05) is 23.1 Å². The third-order valence-electron chi connectivity index (χ3n) is 5.40. The zero-order valence-corrected chi connectivity index (χ0v) is 15.8. The fourth-order valence-electron chi connectivity index (χ4n) is 3.73. The van der Waals surface area contributed by atoms with Gasteiger partial charge in [-0.2, -0.15) is 0 Å². The van der Waals surface area contributed by atoms with Crippen LogP contribution in [0.4, 0.5) is 0 Å². The fraction of sp³-hybridized carbons (Fsp3) is 0.750. The molecule has 0 aliphatic carbocycles. The zero-order valence-electron chi connectivity index (χ0n) is 15.8. The monoisotopic (exact) mass is 429 g/mol. The van der Waals surface area contributed by atoms with Gasteiger partial charge in [-0.05, 0) is 12.5 Å². The molecule has 0 spiro atoms. The van der Waals surface area contributed by atoms with E-state index in [9.17, 15) is 35.1 Å². The first-order chi connectivity index (χ1) is 14.2. The molecular formula is C16H23N5O9. The van der Waals surface area contributed by atoms with Crippen molar-refractivity contribution in [2.75, 3.05) is 6.61 Å². The Morgan fingerprint density at radius 2 is 1.97 bits per heavy atom. The average Bonchev–Trinajstić information content (AvgIpc) is 3.12. The Labute approximate surface area is 168 Å². The summed E-state index contributed by atoms with van der Waals surface area (Å²) in [6.45, 7) is 0.795. The molecule has 1 aromatic rings. The summed E-state index contributed by atoms with van der Waals surface area (Å²) in [7, 11) is 0. The number of rotatable bonds is 5. The van der Waals surface area contributed by atoms with Gasteiger partial charge in [0.1, 0.15) is 42.9 Å². The van der Waals surface area contributed by atoms with E-state index in [1.54, 1.807) is 0 Å². The highest BCUT2D eigenvalue weighted by Crippen LogP contribution is 2.35. The molecule has 14 heteroatoms. The van der Waals surface area contributed by atoms with Crippen LogP contribution in [0.15, 0.2) is 20.9 Å². The lowest BCUT2D eigenvalue weighted by Gasteiger charge is -2.43. The van der Waals surface area contributed by atoms with Gasteiger partial charge in [-0.25, -0.2) is 4.79 Å². The van der Waals surface area contributed by atoms with E-state index in [-0.39, 0.29) is 12.0 Å². The van der Waals surface area contributed by atoms with Crippen molar-refractivity contribution in [2.24, 2.45) is 5.11 Å². The Hall–Kier alpha value is -2.29. The first-order valence-electron chi connectivity index (χ1n) is 9.20. The Kier molecular flexibility index (Phi) is 6.59. The van der Waals surface area contributed by atoms with E-state index < -0.39 is 72.9 Å². The molecule has 2 saturated heterocycles. The van der Waals surface area contributed by atoms with E-state index in [0.717, 1.165) is 4.57 Å². The molecule has 0 amide bonds. The molecule has 9 atom stereocenters. The number of nitrogens with one attached hydrogen (secondary N) is 1. The first-order valence-corrected chi connectivity index (χ1v) is 9.20. The Morgan fingerprint density at radius 3 is 2.60 bits per heavy atom. The van der Waals surface area contributed by atoms with E-state index in [0.29, 0.717) is 0 Å². The molecule has 30 heavy (non-hydrogen) atoms. The summed E-state index contributed by atoms with van der Waals surface area (Å²) in [5.74, 6) is 0. The molecule has 6 N–H and O–H groups in total. The van der Waals surface area contributed by atoms with Crippen molar-refractivity contribution in [1.29, 1.82) is 0 Å². The van der Waals surface area contributed by atoms with E-state index >= 15 is 0 Å². The number of aliphatic hydroxyl groups excluding tert-OH is 5. The van der Waals surface area contributed by atoms with Crippen LogP contribution in [0, 0.1) is 6.92 Å². The van der Waals surface area contributed by atoms with Gasteiger partial charge < -0.3 is 35.0 Å². The number of aryl methyl sites for hydroxylation is 1. The van der Waals surface area contributed by atoms with Crippen molar-refractivity contribution in [3.8, 4) is 0 Å². The number of nitrogens with zero attached hydrogens (tertiary/aromatic N) is 4. The molecular weight excluding hydrogens is 406 g/mol. The minimum absolute atomic E-state index is 0.0331. The summed E-state index contributed by atoms with van der Waals surface area (Å²) in [4.78, 5) is 28.6. The SMILES string of the molecule is Cc1cn([C@H]2C[C@H](N=[N+]=[N-])[C@@H](C(O)[C@@H]3O[C@H](CO)[C@@H](O)[C@H](O)[C@H]3O)O2)c(=O)[nH]c1=O. The number of aromatic nitrogens is 2. The van der Waals surface area contributed by atoms with Crippen LogP contribution in [0.1, 0.15) is 18.2 Å². The zero-order chi connectivity index (χ0) is 22.2. The second-order valence-electron chi connectivity index (χ2n) is 7.33. The number of azide groups is 1. The van der Waals surface area contributed by atoms with Crippen molar-refractivity contribution in [3.63, 3.8) is 0 Å². The maximum absolute atomic E-state index is 12.1. The van der Waals surface area contributed by atoms with Crippen LogP contribution in [-0.4, -0.2) is 90.5 Å². The second kappa shape index (κ2) is 8.83. The summed E-state index contributed by atoms with van der Waals surface area (Å²) in [6.07, 6.45) is -10.5. The van der Waals surface area contributed by atoms with Crippen LogP contribution in [-0.2, 0) is 9.47 Å². The molecule has 0 aromatic carbocycles. The smallest absolute Gasteiger partial charge is 0.330 e. The van der Waals surface area contributed by atoms with Gasteiger partial charge in [0.15, 0.2) is 0 Å². The highest BCUT2D eigenvalue weighted by molar-refractivity contribution is 5.04. The lowest BCUT2D eigenvalue weighted by Crippen LogP contribution is -2.63. The van der Waals surface area contributed by atoms with Crippen LogP contribution in [0.3, 0.4) is 0 Å². The van der Waals surface area contributed by atoms with Crippen LogP contribution in [0.5, 0.6) is 0 Å². The molecule has 2 aliphatic rings. The maximum Gasteiger partial charge on any atom is 0.330 e. The number of H-pyrrole nitrogens is 1. The van der Waals surface area contributed by atoms with Crippen molar-refractivity contribution < 1.29 is 35.0 Å². The number of hydrogen-bond acceptors (Lipinski definition) is 10. The molecule has 0 radical (unpaired) electrons. The number of hydrogen-bond donors (Lipinski definition) is 6. The summed E-state index contributed by atoms with van der Waals surface area (Å²) in [5, 5.41) is 53.7. The Morgan fingerprint density at radius 1 is 1.27 bits per heavy atom. The summed E-state index contributed by atoms with van der Waals surface area (Å²) < 4.78 is 12.1. The molecule has 166 valence electrons. The molecule has 1 aromatic heterocycles. The molecule has 3 heterocycles. The normalized spacial score (nSPS) is 37.5. The van der Waals surface area contributed by atoms with E-state index in [1.165, 1.54) is 13.1 Å². The number of aromatic amines is 1. The Balaban J connectivity index is 1.88. The first kappa shape index (κ1) is 22.4. The highest BCUT2D eigenvalue weighted by Gasteiger charge is 2.51. The number of ether oxygens (including phenoxy) is 2. The molecule has 3 rings (SSSR count). The van der Waals surface area contributed by atoms with Gasteiger partial charge >= 0.3 is 5.69 Å². The van der Waals surface area contributed by atoms with Gasteiger partial charge in [-0.3, -0.25) is 14.3 Å². The molecule has 2 aliphatic heterocycles. The Bertz CT molecular complexity index is 926. The lowest BCUT2D eigenvalue weighted by molar-refractivity contribution is -0.260. The van der Waals surface area contributed by atoms with Crippen LogP contribution in [0.2, 0.25) is 0 Å². The standard InChI is InChI=1S/C16H23N5O9/c1-5-3-21(16(28)18-15(5)27)8-2-6(19-20-17)13(30-8)12(26)14-11(25)10(24)9(23)7(4-22)29-14/h3,6-14,22-26H,2,4H2,1H3,(H,18,27,28)/t6-,7+,8+,9+,10-,11+,12?,13-,14+/m0/s1. The predicted octanol–water partition coefficient (Wildman–Crippen LogP) is -2.99. The van der Waals surface area contributed by atoms with Crippen molar-refractivity contribution in [1.82, 2.24) is 9.55 Å². The highest BCUT2D eigenvalue weighted by atomic mass is 16.6. The van der Waals surface area contributed by atoms with Crippen LogP contribution < -0.4 is 11.2 Å². The predicted molar refractivity (Wildman–Crippen MR) is 97.3 cm³/mol. The molecule has 0 saturated carbocycles. The second-order valence-corrected chi connectivity index (χ2v) is 7.33. The van der Waals surface area contributed by atoms with Crippen molar-refractivity contribution in [2.45, 2.75) is 68.3 Å².